The first kappa shape index (κ1) is 17.3. The van der Waals surface area contributed by atoms with E-state index in [9.17, 15) is 0 Å². The van der Waals surface area contributed by atoms with Gasteiger partial charge < -0.3 is 0 Å². The Hall–Kier alpha value is -0.0700. The van der Waals surface area contributed by atoms with E-state index in [2.05, 4.69) is 20.8 Å². The Bertz CT molecular complexity index is 108. The van der Waals surface area contributed by atoms with Crippen LogP contribution < -0.4 is 0 Å². The van der Waals surface area contributed by atoms with E-state index in [1.165, 1.54) is 25.7 Å². The third-order valence-electron chi connectivity index (χ3n) is 3.33. The van der Waals surface area contributed by atoms with E-state index in [1.54, 1.807) is 25.7 Å². The Balaban J connectivity index is 0. The topological polar surface area (TPSA) is 0 Å². The molecule has 2 fully saturated rings. The SMILES string of the molecule is C.C1CCC2(C1)CCCC2.CC(C)C.F. The molecule has 0 aromatic heterocycles. The predicted molar refractivity (Wildman–Crippen MR) is 69.1 cm³/mol. The molecule has 0 aromatic carbocycles. The summed E-state index contributed by atoms with van der Waals surface area (Å²) in [5.74, 6) is 0.833. The number of halogens is 1. The lowest BCUT2D eigenvalue weighted by Gasteiger charge is -2.20. The molecule has 0 atom stereocenters. The Morgan fingerprint density at radius 3 is 1.13 bits per heavy atom. The van der Waals surface area contributed by atoms with Gasteiger partial charge in [-0.2, -0.15) is 0 Å². The van der Waals surface area contributed by atoms with Gasteiger partial charge in [0.25, 0.3) is 0 Å². The lowest BCUT2D eigenvalue weighted by molar-refractivity contribution is 0.309. The molecule has 2 saturated carbocycles. The maximum absolute atomic E-state index is 2.17. The molecule has 2 aliphatic carbocycles. The summed E-state index contributed by atoms with van der Waals surface area (Å²) in [5.41, 5.74) is 0.889. The summed E-state index contributed by atoms with van der Waals surface area (Å²) in [5, 5.41) is 0. The molecule has 0 bridgehead atoms. The van der Waals surface area contributed by atoms with Gasteiger partial charge in [-0.15, -0.1) is 0 Å². The van der Waals surface area contributed by atoms with Crippen molar-refractivity contribution in [2.75, 3.05) is 0 Å². The second-order valence-corrected chi connectivity index (χ2v) is 5.65. The number of hydrogen-bond donors (Lipinski definition) is 0. The average molecular weight is 218 g/mol. The van der Waals surface area contributed by atoms with E-state index in [0.717, 1.165) is 11.3 Å². The minimum atomic E-state index is 0. The van der Waals surface area contributed by atoms with Crippen molar-refractivity contribution in [3.05, 3.63) is 0 Å². The van der Waals surface area contributed by atoms with Gasteiger partial charge in [-0.1, -0.05) is 53.9 Å². The second kappa shape index (κ2) is 8.13. The fourth-order valence-corrected chi connectivity index (χ4v) is 2.75. The van der Waals surface area contributed by atoms with E-state index in [-0.39, 0.29) is 12.1 Å². The molecular weight excluding hydrogens is 187 g/mol. The highest BCUT2D eigenvalue weighted by molar-refractivity contribution is 4.88. The van der Waals surface area contributed by atoms with Gasteiger partial charge >= 0.3 is 0 Å². The molecule has 2 aliphatic rings. The molecule has 0 amide bonds. The second-order valence-electron chi connectivity index (χ2n) is 5.65. The minimum Gasteiger partial charge on any atom is -0.269 e. The molecule has 0 unspecified atom stereocenters. The summed E-state index contributed by atoms with van der Waals surface area (Å²) in [6.07, 6.45) is 12.4. The Morgan fingerprint density at radius 1 is 0.733 bits per heavy atom. The van der Waals surface area contributed by atoms with Crippen LogP contribution in [0.15, 0.2) is 0 Å². The van der Waals surface area contributed by atoms with Gasteiger partial charge in [-0.25, -0.2) is 0 Å². The predicted octanol–water partition coefficient (Wildman–Crippen LogP) is 5.57. The highest BCUT2D eigenvalue weighted by Gasteiger charge is 2.35. The van der Waals surface area contributed by atoms with Crippen LogP contribution in [0.25, 0.3) is 0 Å². The minimum absolute atomic E-state index is 0. The van der Waals surface area contributed by atoms with Crippen LogP contribution >= 0.6 is 0 Å². The lowest BCUT2D eigenvalue weighted by atomic mass is 9.85. The largest absolute Gasteiger partial charge is 0.269 e. The van der Waals surface area contributed by atoms with Crippen molar-refractivity contribution in [3.63, 3.8) is 0 Å². The first-order valence-corrected chi connectivity index (χ1v) is 6.15. The maximum atomic E-state index is 2.17. The van der Waals surface area contributed by atoms with Crippen molar-refractivity contribution in [3.8, 4) is 0 Å². The molecule has 0 aliphatic heterocycles. The number of rotatable bonds is 0. The zero-order valence-corrected chi connectivity index (χ0v) is 10.1. The Morgan fingerprint density at radius 2 is 0.933 bits per heavy atom. The third kappa shape index (κ3) is 6.17. The van der Waals surface area contributed by atoms with Gasteiger partial charge in [0.2, 0.25) is 0 Å². The lowest BCUT2D eigenvalue weighted by Crippen LogP contribution is -2.08. The van der Waals surface area contributed by atoms with Crippen LogP contribution in [0.1, 0.15) is 79.6 Å². The van der Waals surface area contributed by atoms with Gasteiger partial charge in [0.1, 0.15) is 0 Å². The average Bonchev–Trinajstić information content (AvgIpc) is 2.63. The van der Waals surface area contributed by atoms with Crippen LogP contribution in [0.5, 0.6) is 0 Å². The standard InChI is InChI=1S/C9H16.C4H10.CH4.FH/c1-2-6-9(5-1)7-3-4-8-9;1-4(2)3;;/h1-8H2;4H,1-3H3;1H4;1H. The third-order valence-corrected chi connectivity index (χ3v) is 3.33. The van der Waals surface area contributed by atoms with Gasteiger partial charge in [-0.05, 0) is 37.0 Å². The molecule has 0 saturated heterocycles. The monoisotopic (exact) mass is 218 g/mol. The van der Waals surface area contributed by atoms with Crippen molar-refractivity contribution < 1.29 is 4.70 Å². The highest BCUT2D eigenvalue weighted by Crippen LogP contribution is 2.50. The molecule has 2 rings (SSSR count). The van der Waals surface area contributed by atoms with E-state index in [0.29, 0.717) is 0 Å². The maximum Gasteiger partial charge on any atom is -0.0297 e. The van der Waals surface area contributed by atoms with E-state index in [4.69, 9.17) is 0 Å². The number of hydrogen-bond acceptors (Lipinski definition) is 0. The zero-order valence-electron chi connectivity index (χ0n) is 10.1. The smallest absolute Gasteiger partial charge is 0.0297 e. The van der Waals surface area contributed by atoms with Gasteiger partial charge in [-0.3, -0.25) is 4.70 Å². The van der Waals surface area contributed by atoms with Crippen LogP contribution in [0.3, 0.4) is 0 Å². The molecule has 15 heavy (non-hydrogen) atoms. The van der Waals surface area contributed by atoms with Gasteiger partial charge in [0.05, 0.1) is 0 Å². The molecular formula is C14H31F. The quantitative estimate of drug-likeness (QED) is 0.498. The molecule has 0 N–H and O–H groups in total. The van der Waals surface area contributed by atoms with Crippen molar-refractivity contribution in [1.29, 1.82) is 0 Å². The normalized spacial score (nSPS) is 21.6. The summed E-state index contributed by atoms with van der Waals surface area (Å²) in [6.45, 7) is 6.50. The molecule has 0 nitrogen and oxygen atoms in total. The Labute approximate surface area is 96.2 Å². The summed E-state index contributed by atoms with van der Waals surface area (Å²) in [7, 11) is 0. The molecule has 0 aromatic rings. The van der Waals surface area contributed by atoms with Crippen LogP contribution in [-0.4, -0.2) is 0 Å². The fraction of sp³-hybridized carbons (Fsp3) is 1.00. The summed E-state index contributed by atoms with van der Waals surface area (Å²) in [4.78, 5) is 0. The highest BCUT2D eigenvalue weighted by atomic mass is 19.0. The molecule has 1 heteroatoms. The van der Waals surface area contributed by atoms with Crippen molar-refractivity contribution in [2.24, 2.45) is 11.3 Å². The summed E-state index contributed by atoms with van der Waals surface area (Å²) in [6, 6.07) is 0. The van der Waals surface area contributed by atoms with Gasteiger partial charge in [0, 0.05) is 0 Å². The molecule has 0 radical (unpaired) electrons. The first-order valence-electron chi connectivity index (χ1n) is 6.15. The van der Waals surface area contributed by atoms with Crippen LogP contribution in [0, 0.1) is 11.3 Å². The fourth-order valence-electron chi connectivity index (χ4n) is 2.75. The van der Waals surface area contributed by atoms with Crippen molar-refractivity contribution in [2.45, 2.75) is 79.6 Å². The van der Waals surface area contributed by atoms with Crippen LogP contribution in [-0.2, 0) is 0 Å². The Kier molecular flexibility index (Phi) is 9.39. The van der Waals surface area contributed by atoms with E-state index < -0.39 is 0 Å². The van der Waals surface area contributed by atoms with Crippen LogP contribution in [0.4, 0.5) is 4.70 Å². The van der Waals surface area contributed by atoms with Crippen molar-refractivity contribution >= 4 is 0 Å². The molecule has 1 spiro atoms. The molecule has 0 heterocycles. The van der Waals surface area contributed by atoms with E-state index in [1.807, 2.05) is 0 Å². The first-order chi connectivity index (χ1) is 6.15. The summed E-state index contributed by atoms with van der Waals surface area (Å²) < 4.78 is 0. The van der Waals surface area contributed by atoms with Gasteiger partial charge in [0.15, 0.2) is 0 Å². The van der Waals surface area contributed by atoms with Crippen LogP contribution in [0.2, 0.25) is 0 Å². The van der Waals surface area contributed by atoms with Crippen molar-refractivity contribution in [1.82, 2.24) is 0 Å². The molecule has 94 valence electrons. The van der Waals surface area contributed by atoms with E-state index >= 15 is 0 Å². The zero-order chi connectivity index (χ0) is 9.73. The summed E-state index contributed by atoms with van der Waals surface area (Å²) >= 11 is 0.